The van der Waals surface area contributed by atoms with Crippen LogP contribution in [0.5, 0.6) is 17.2 Å². The molecular formula is C16H21BrO5. The lowest BCUT2D eigenvalue weighted by Gasteiger charge is -2.11. The van der Waals surface area contributed by atoms with E-state index >= 15 is 0 Å². The van der Waals surface area contributed by atoms with E-state index < -0.39 is 28.8 Å². The molecule has 1 aromatic rings. The first kappa shape index (κ1) is 18.5. The third kappa shape index (κ3) is 4.73. The predicted octanol–water partition coefficient (Wildman–Crippen LogP) is 3.92. The van der Waals surface area contributed by atoms with Gasteiger partial charge in [-0.2, -0.15) is 0 Å². The van der Waals surface area contributed by atoms with E-state index in [0.717, 1.165) is 37.1 Å². The smallest absolute Gasteiger partial charge is 0.170 e. The first-order valence-corrected chi connectivity index (χ1v) is 8.40. The fraction of sp³-hybridized carbons (Fsp3) is 0.500. The van der Waals surface area contributed by atoms with Crippen molar-refractivity contribution in [3.05, 3.63) is 17.2 Å². The lowest BCUT2D eigenvalue weighted by molar-refractivity contribution is 0.0973. The topological polar surface area (TPSA) is 94.8 Å². The quantitative estimate of drug-likeness (QED) is 0.346. The Labute approximate surface area is 138 Å². The van der Waals surface area contributed by atoms with Gasteiger partial charge in [0.1, 0.15) is 28.4 Å². The second-order valence-electron chi connectivity index (χ2n) is 5.20. The Kier molecular flexibility index (Phi) is 7.38. The summed E-state index contributed by atoms with van der Waals surface area (Å²) in [5.74, 6) is -2.69. The maximum Gasteiger partial charge on any atom is 0.170 e. The molecule has 22 heavy (non-hydrogen) atoms. The summed E-state index contributed by atoms with van der Waals surface area (Å²) >= 11 is 3.35. The number of phenols is 3. The van der Waals surface area contributed by atoms with Gasteiger partial charge in [0, 0.05) is 17.8 Å². The van der Waals surface area contributed by atoms with Crippen LogP contribution in [0, 0.1) is 0 Å². The summed E-state index contributed by atoms with van der Waals surface area (Å²) in [6.45, 7) is 1.17. The van der Waals surface area contributed by atoms with Crippen LogP contribution in [-0.2, 0) is 0 Å². The van der Waals surface area contributed by atoms with Crippen LogP contribution in [-0.4, -0.2) is 32.2 Å². The third-order valence-electron chi connectivity index (χ3n) is 3.43. The number of halogens is 1. The number of hydrogen-bond acceptors (Lipinski definition) is 5. The minimum atomic E-state index is -0.644. The molecule has 6 heteroatoms. The lowest BCUT2D eigenvalue weighted by atomic mass is 9.97. The highest BCUT2D eigenvalue weighted by atomic mass is 79.9. The van der Waals surface area contributed by atoms with Crippen LogP contribution in [0.15, 0.2) is 6.07 Å². The Morgan fingerprint density at radius 3 is 2.09 bits per heavy atom. The summed E-state index contributed by atoms with van der Waals surface area (Å²) in [6, 6.07) is 0.916. The van der Waals surface area contributed by atoms with Gasteiger partial charge in [-0.25, -0.2) is 0 Å². The molecule has 0 spiro atoms. The number of carbonyl (C=O) groups excluding carboxylic acids is 2. The second-order valence-corrected chi connectivity index (χ2v) is 5.99. The summed E-state index contributed by atoms with van der Waals surface area (Å²) in [6.07, 6.45) is 4.91. The van der Waals surface area contributed by atoms with Gasteiger partial charge in [0.15, 0.2) is 11.6 Å². The second kappa shape index (κ2) is 8.78. The Balaban J connectivity index is 2.77. The van der Waals surface area contributed by atoms with Crippen LogP contribution in [0.4, 0.5) is 0 Å². The van der Waals surface area contributed by atoms with Crippen molar-refractivity contribution < 1.29 is 24.9 Å². The van der Waals surface area contributed by atoms with Crippen molar-refractivity contribution in [3.8, 4) is 17.2 Å². The highest BCUT2D eigenvalue weighted by molar-refractivity contribution is 9.09. The van der Waals surface area contributed by atoms with Crippen molar-refractivity contribution in [2.75, 3.05) is 5.33 Å². The minimum absolute atomic E-state index is 0.178. The zero-order chi connectivity index (χ0) is 16.7. The first-order valence-electron chi connectivity index (χ1n) is 7.28. The molecule has 0 unspecified atom stereocenters. The molecule has 0 heterocycles. The number of carbonyl (C=O) groups is 2. The van der Waals surface area contributed by atoms with Crippen LogP contribution >= 0.6 is 15.9 Å². The van der Waals surface area contributed by atoms with E-state index in [-0.39, 0.29) is 17.5 Å². The molecule has 0 aromatic heterocycles. The van der Waals surface area contributed by atoms with Gasteiger partial charge in [-0.15, -0.1) is 0 Å². The molecule has 0 saturated heterocycles. The van der Waals surface area contributed by atoms with Crippen molar-refractivity contribution in [1.82, 2.24) is 0 Å². The normalized spacial score (nSPS) is 10.6. The van der Waals surface area contributed by atoms with E-state index in [1.807, 2.05) is 0 Å². The number of rotatable bonds is 9. The zero-order valence-electron chi connectivity index (χ0n) is 12.6. The van der Waals surface area contributed by atoms with Crippen molar-refractivity contribution in [2.24, 2.45) is 0 Å². The summed E-state index contributed by atoms with van der Waals surface area (Å²) in [5, 5.41) is 30.3. The van der Waals surface area contributed by atoms with Crippen molar-refractivity contribution in [2.45, 2.75) is 45.4 Å². The Morgan fingerprint density at radius 1 is 0.955 bits per heavy atom. The van der Waals surface area contributed by atoms with E-state index in [9.17, 15) is 24.9 Å². The van der Waals surface area contributed by atoms with Crippen LogP contribution in [0.3, 0.4) is 0 Å². The van der Waals surface area contributed by atoms with Gasteiger partial charge in [0.05, 0.1) is 0 Å². The van der Waals surface area contributed by atoms with Gasteiger partial charge < -0.3 is 15.3 Å². The molecule has 1 aromatic carbocycles. The van der Waals surface area contributed by atoms with Crippen molar-refractivity contribution in [1.29, 1.82) is 0 Å². The first-order chi connectivity index (χ1) is 10.4. The molecule has 0 aliphatic heterocycles. The molecular weight excluding hydrogens is 352 g/mol. The number of alkyl halides is 1. The SMILES string of the molecule is CC(=O)c1c(O)cc(O)c(C(=O)CCCCCCCBr)c1O. The van der Waals surface area contributed by atoms with Gasteiger partial charge in [-0.3, -0.25) is 9.59 Å². The van der Waals surface area contributed by atoms with Crippen LogP contribution < -0.4 is 0 Å². The van der Waals surface area contributed by atoms with Crippen LogP contribution in [0.25, 0.3) is 0 Å². The molecule has 0 atom stereocenters. The average Bonchev–Trinajstić information content (AvgIpc) is 2.41. The van der Waals surface area contributed by atoms with Gasteiger partial charge in [0.25, 0.3) is 0 Å². The van der Waals surface area contributed by atoms with E-state index in [0.29, 0.717) is 6.42 Å². The molecule has 0 saturated carbocycles. The van der Waals surface area contributed by atoms with Crippen molar-refractivity contribution in [3.63, 3.8) is 0 Å². The Bertz CT molecular complexity index is 554. The number of ketones is 2. The molecule has 0 bridgehead atoms. The maximum absolute atomic E-state index is 12.1. The molecule has 1 rings (SSSR count). The molecule has 0 aliphatic rings. The van der Waals surface area contributed by atoms with Gasteiger partial charge in [-0.1, -0.05) is 35.2 Å². The fourth-order valence-electron chi connectivity index (χ4n) is 2.30. The number of hydrogen-bond donors (Lipinski definition) is 3. The van der Waals surface area contributed by atoms with E-state index in [1.165, 1.54) is 6.92 Å². The standard InChI is InChI=1S/C16H21BrO5/c1-10(18)14-12(20)9-13(21)15(16(14)22)11(19)7-5-3-2-4-6-8-17/h9,20-22H,2-8H2,1H3. The number of Topliss-reactive ketones (excluding diaryl/α,β-unsaturated/α-hetero) is 2. The van der Waals surface area contributed by atoms with E-state index in [1.54, 1.807) is 0 Å². The molecule has 3 N–H and O–H groups in total. The number of unbranched alkanes of at least 4 members (excludes halogenated alkanes) is 4. The van der Waals surface area contributed by atoms with E-state index in [4.69, 9.17) is 0 Å². The number of aromatic hydroxyl groups is 3. The average molecular weight is 373 g/mol. The van der Waals surface area contributed by atoms with Crippen LogP contribution in [0.1, 0.15) is 66.2 Å². The third-order valence-corrected chi connectivity index (χ3v) is 3.99. The summed E-state index contributed by atoms with van der Waals surface area (Å²) in [5.41, 5.74) is -0.623. The maximum atomic E-state index is 12.1. The summed E-state index contributed by atoms with van der Waals surface area (Å²) in [7, 11) is 0. The molecule has 0 fully saturated rings. The fourth-order valence-corrected chi connectivity index (χ4v) is 2.70. The van der Waals surface area contributed by atoms with Crippen molar-refractivity contribution >= 4 is 27.5 Å². The number of benzene rings is 1. The minimum Gasteiger partial charge on any atom is -0.507 e. The highest BCUT2D eigenvalue weighted by Crippen LogP contribution is 2.38. The molecule has 0 radical (unpaired) electrons. The largest absolute Gasteiger partial charge is 0.507 e. The highest BCUT2D eigenvalue weighted by Gasteiger charge is 2.24. The Hall–Kier alpha value is -1.56. The number of phenolic OH excluding ortho intramolecular Hbond substituents is 3. The molecule has 0 amide bonds. The summed E-state index contributed by atoms with van der Waals surface area (Å²) < 4.78 is 0. The lowest BCUT2D eigenvalue weighted by Crippen LogP contribution is -2.04. The molecule has 122 valence electrons. The molecule has 5 nitrogen and oxygen atoms in total. The molecule has 0 aliphatic carbocycles. The van der Waals surface area contributed by atoms with E-state index in [2.05, 4.69) is 15.9 Å². The van der Waals surface area contributed by atoms with Gasteiger partial charge in [-0.05, 0) is 19.8 Å². The van der Waals surface area contributed by atoms with Gasteiger partial charge in [0.2, 0.25) is 0 Å². The van der Waals surface area contributed by atoms with Gasteiger partial charge >= 0.3 is 0 Å². The monoisotopic (exact) mass is 372 g/mol. The zero-order valence-corrected chi connectivity index (χ0v) is 14.1. The van der Waals surface area contributed by atoms with Crippen LogP contribution in [0.2, 0.25) is 0 Å². The predicted molar refractivity (Wildman–Crippen MR) is 87.3 cm³/mol. The Morgan fingerprint density at radius 2 is 1.50 bits per heavy atom. The summed E-state index contributed by atoms with van der Waals surface area (Å²) in [4.78, 5) is 23.6.